The first-order valence-corrected chi connectivity index (χ1v) is 7.05. The molecule has 0 saturated heterocycles. The Morgan fingerprint density at radius 2 is 2.11 bits per heavy atom. The number of rotatable bonds is 4. The van der Waals surface area contributed by atoms with Crippen LogP contribution in [0.4, 0.5) is 0 Å². The van der Waals surface area contributed by atoms with Crippen LogP contribution in [0.25, 0.3) is 0 Å². The van der Waals surface area contributed by atoms with Crippen LogP contribution in [0, 0.1) is 17.8 Å². The smallest absolute Gasteiger partial charge is 0.169 e. The largest absolute Gasteiger partial charge is 0.493 e. The fourth-order valence-corrected chi connectivity index (χ4v) is 3.72. The molecule has 2 bridgehead atoms. The van der Waals surface area contributed by atoms with Gasteiger partial charge in [0.25, 0.3) is 0 Å². The molecule has 3 atom stereocenters. The number of hydrogen-bond acceptors (Lipinski definition) is 2. The van der Waals surface area contributed by atoms with Crippen molar-refractivity contribution >= 4 is 5.78 Å². The standard InChI is InChI=1S/C16H20O2/c1-2-18-15-6-4-3-5-13(15)16(17)14-10-11-7-8-12(14)9-11/h3-6,11-12,14H,2,7-10H2,1H3. The summed E-state index contributed by atoms with van der Waals surface area (Å²) in [6.45, 7) is 2.57. The monoisotopic (exact) mass is 244 g/mol. The number of para-hydroxylation sites is 1. The number of Topliss-reactive ketones (excluding diaryl/α,β-unsaturated/α-hetero) is 1. The molecule has 2 fully saturated rings. The van der Waals surface area contributed by atoms with Crippen LogP contribution in [0.2, 0.25) is 0 Å². The number of hydrogen-bond donors (Lipinski definition) is 0. The number of carbonyl (C=O) groups excluding carboxylic acids is 1. The maximum atomic E-state index is 12.7. The average molecular weight is 244 g/mol. The molecular weight excluding hydrogens is 224 g/mol. The van der Waals surface area contributed by atoms with Gasteiger partial charge in [-0.1, -0.05) is 18.6 Å². The van der Waals surface area contributed by atoms with E-state index in [1.54, 1.807) is 0 Å². The molecule has 2 aliphatic rings. The van der Waals surface area contributed by atoms with Crippen molar-refractivity contribution in [1.29, 1.82) is 0 Å². The normalized spacial score (nSPS) is 29.5. The van der Waals surface area contributed by atoms with Gasteiger partial charge in [-0.15, -0.1) is 0 Å². The van der Waals surface area contributed by atoms with Gasteiger partial charge < -0.3 is 4.74 Å². The molecular formula is C16H20O2. The highest BCUT2D eigenvalue weighted by Gasteiger charge is 2.43. The Balaban J connectivity index is 1.84. The second-order valence-electron chi connectivity index (χ2n) is 5.57. The van der Waals surface area contributed by atoms with Crippen LogP contribution in [-0.2, 0) is 0 Å². The van der Waals surface area contributed by atoms with Gasteiger partial charge in [-0.3, -0.25) is 4.79 Å². The predicted octanol–water partition coefficient (Wildman–Crippen LogP) is 3.70. The second kappa shape index (κ2) is 4.75. The molecule has 18 heavy (non-hydrogen) atoms. The van der Waals surface area contributed by atoms with Crippen molar-refractivity contribution in [3.63, 3.8) is 0 Å². The van der Waals surface area contributed by atoms with Gasteiger partial charge in [0.15, 0.2) is 5.78 Å². The summed E-state index contributed by atoms with van der Waals surface area (Å²) in [5.41, 5.74) is 0.789. The van der Waals surface area contributed by atoms with Crippen LogP contribution >= 0.6 is 0 Å². The van der Waals surface area contributed by atoms with Gasteiger partial charge in [0, 0.05) is 5.92 Å². The van der Waals surface area contributed by atoms with Crippen molar-refractivity contribution in [2.75, 3.05) is 6.61 Å². The van der Waals surface area contributed by atoms with Crippen molar-refractivity contribution in [2.45, 2.75) is 32.6 Å². The Labute approximate surface area is 108 Å². The van der Waals surface area contributed by atoms with Crippen molar-refractivity contribution in [2.24, 2.45) is 17.8 Å². The van der Waals surface area contributed by atoms with Crippen LogP contribution in [0.1, 0.15) is 43.0 Å². The molecule has 0 aliphatic heterocycles. The highest BCUT2D eigenvalue weighted by atomic mass is 16.5. The SMILES string of the molecule is CCOc1ccccc1C(=O)C1CC2CCC1C2. The number of ether oxygens (including phenoxy) is 1. The summed E-state index contributed by atoms with van der Waals surface area (Å²) in [5.74, 6) is 2.77. The summed E-state index contributed by atoms with van der Waals surface area (Å²) >= 11 is 0. The van der Waals surface area contributed by atoms with E-state index in [-0.39, 0.29) is 5.92 Å². The number of fused-ring (bicyclic) bond motifs is 2. The lowest BCUT2D eigenvalue weighted by Crippen LogP contribution is -2.21. The molecule has 0 aromatic heterocycles. The van der Waals surface area contributed by atoms with Gasteiger partial charge in [0.2, 0.25) is 0 Å². The molecule has 3 unspecified atom stereocenters. The van der Waals surface area contributed by atoms with Crippen molar-refractivity contribution < 1.29 is 9.53 Å². The number of ketones is 1. The van der Waals surface area contributed by atoms with Gasteiger partial charge in [0.05, 0.1) is 12.2 Å². The van der Waals surface area contributed by atoms with Crippen molar-refractivity contribution in [1.82, 2.24) is 0 Å². The minimum Gasteiger partial charge on any atom is -0.493 e. The molecule has 0 N–H and O–H groups in total. The lowest BCUT2D eigenvalue weighted by Gasteiger charge is -2.21. The molecule has 1 aromatic rings. The Morgan fingerprint density at radius 3 is 2.78 bits per heavy atom. The van der Waals surface area contributed by atoms with Crippen LogP contribution in [0.15, 0.2) is 24.3 Å². The van der Waals surface area contributed by atoms with Crippen LogP contribution in [-0.4, -0.2) is 12.4 Å². The molecule has 1 aromatic carbocycles. The van der Waals surface area contributed by atoms with Gasteiger partial charge >= 0.3 is 0 Å². The molecule has 0 radical (unpaired) electrons. The van der Waals surface area contributed by atoms with E-state index in [0.29, 0.717) is 18.3 Å². The Kier molecular flexibility index (Phi) is 3.11. The first-order valence-electron chi connectivity index (χ1n) is 7.05. The fourth-order valence-electron chi connectivity index (χ4n) is 3.72. The van der Waals surface area contributed by atoms with E-state index in [4.69, 9.17) is 4.74 Å². The topological polar surface area (TPSA) is 26.3 Å². The maximum Gasteiger partial charge on any atom is 0.169 e. The summed E-state index contributed by atoms with van der Waals surface area (Å²) in [4.78, 5) is 12.7. The minimum absolute atomic E-state index is 0.255. The summed E-state index contributed by atoms with van der Waals surface area (Å²) < 4.78 is 5.58. The van der Waals surface area contributed by atoms with Crippen LogP contribution in [0.5, 0.6) is 5.75 Å². The number of carbonyl (C=O) groups is 1. The highest BCUT2D eigenvalue weighted by Crippen LogP contribution is 2.49. The van der Waals surface area contributed by atoms with Gasteiger partial charge in [-0.2, -0.15) is 0 Å². The first kappa shape index (κ1) is 11.8. The summed E-state index contributed by atoms with van der Waals surface area (Å²) in [6, 6.07) is 7.69. The predicted molar refractivity (Wildman–Crippen MR) is 70.9 cm³/mol. The molecule has 2 saturated carbocycles. The van der Waals surface area contributed by atoms with E-state index in [1.807, 2.05) is 31.2 Å². The van der Waals surface area contributed by atoms with Crippen molar-refractivity contribution in [3.8, 4) is 5.75 Å². The van der Waals surface area contributed by atoms with E-state index < -0.39 is 0 Å². The van der Waals surface area contributed by atoms with Crippen molar-refractivity contribution in [3.05, 3.63) is 29.8 Å². The van der Waals surface area contributed by atoms with E-state index in [1.165, 1.54) is 19.3 Å². The molecule has 96 valence electrons. The van der Waals surface area contributed by atoms with E-state index in [2.05, 4.69) is 0 Å². The van der Waals surface area contributed by atoms with E-state index in [0.717, 1.165) is 23.7 Å². The first-order chi connectivity index (χ1) is 8.79. The second-order valence-corrected chi connectivity index (χ2v) is 5.57. The molecule has 0 heterocycles. The molecule has 0 spiro atoms. The summed E-state index contributed by atoms with van der Waals surface area (Å²) in [6.07, 6.45) is 4.95. The molecule has 2 heteroatoms. The van der Waals surface area contributed by atoms with Gasteiger partial charge in [0.1, 0.15) is 5.75 Å². The van der Waals surface area contributed by atoms with Crippen LogP contribution < -0.4 is 4.74 Å². The van der Waals surface area contributed by atoms with Gasteiger partial charge in [-0.05, 0) is 50.2 Å². The third kappa shape index (κ3) is 1.94. The maximum absolute atomic E-state index is 12.7. The van der Waals surface area contributed by atoms with E-state index in [9.17, 15) is 4.79 Å². The quantitative estimate of drug-likeness (QED) is 0.755. The van der Waals surface area contributed by atoms with Gasteiger partial charge in [-0.25, -0.2) is 0 Å². The lowest BCUT2D eigenvalue weighted by molar-refractivity contribution is 0.0871. The Morgan fingerprint density at radius 1 is 1.28 bits per heavy atom. The lowest BCUT2D eigenvalue weighted by atomic mass is 9.83. The fraction of sp³-hybridized carbons (Fsp3) is 0.562. The third-order valence-corrected chi connectivity index (χ3v) is 4.53. The Bertz CT molecular complexity index is 452. The zero-order chi connectivity index (χ0) is 12.5. The molecule has 3 rings (SSSR count). The zero-order valence-electron chi connectivity index (χ0n) is 10.9. The third-order valence-electron chi connectivity index (χ3n) is 4.53. The molecule has 2 nitrogen and oxygen atoms in total. The average Bonchev–Trinajstić information content (AvgIpc) is 3.01. The highest BCUT2D eigenvalue weighted by molar-refractivity contribution is 6.00. The zero-order valence-corrected chi connectivity index (χ0v) is 10.9. The number of benzene rings is 1. The molecule has 0 amide bonds. The minimum atomic E-state index is 0.255. The van der Waals surface area contributed by atoms with Crippen LogP contribution in [0.3, 0.4) is 0 Å². The molecule has 2 aliphatic carbocycles. The summed E-state index contributed by atoms with van der Waals surface area (Å²) in [7, 11) is 0. The van der Waals surface area contributed by atoms with E-state index >= 15 is 0 Å². The Hall–Kier alpha value is -1.31. The summed E-state index contributed by atoms with van der Waals surface area (Å²) in [5, 5.41) is 0.